The normalized spacial score (nSPS) is 11.5. The van der Waals surface area contributed by atoms with Crippen molar-refractivity contribution in [3.8, 4) is 0 Å². The van der Waals surface area contributed by atoms with Crippen molar-refractivity contribution in [2.24, 2.45) is 0 Å². The highest BCUT2D eigenvalue weighted by Crippen LogP contribution is 2.13. The minimum atomic E-state index is 0. The van der Waals surface area contributed by atoms with Crippen molar-refractivity contribution in [1.29, 1.82) is 0 Å². The first-order valence-corrected chi connectivity index (χ1v) is 10.0. The molecular weight excluding hydrogens is 313 g/mol. The lowest BCUT2D eigenvalue weighted by Gasteiger charge is -2.26. The molecule has 0 aromatic carbocycles. The summed E-state index contributed by atoms with van der Waals surface area (Å²) < 4.78 is 0.958. The Kier molecular flexibility index (Phi) is 20.2. The van der Waals surface area contributed by atoms with E-state index in [0.29, 0.717) is 0 Å². The van der Waals surface area contributed by atoms with E-state index in [1.165, 1.54) is 96.4 Å². The van der Waals surface area contributed by atoms with Crippen LogP contribution in [-0.4, -0.2) is 31.1 Å². The Morgan fingerprint density at radius 3 is 1.23 bits per heavy atom. The van der Waals surface area contributed by atoms with Crippen molar-refractivity contribution >= 4 is 24.0 Å². The Balaban J connectivity index is 0. The van der Waals surface area contributed by atoms with Crippen LogP contribution in [0.5, 0.6) is 0 Å². The molecule has 0 saturated heterocycles. The predicted octanol–water partition coefficient (Wildman–Crippen LogP) is 7.16. The predicted molar refractivity (Wildman–Crippen MR) is 105 cm³/mol. The van der Waals surface area contributed by atoms with E-state index < -0.39 is 0 Å². The summed E-state index contributed by atoms with van der Waals surface area (Å²) in [6.07, 6.45) is 20.0. The largest absolute Gasteiger partial charge is 0.316 e. The van der Waals surface area contributed by atoms with E-state index in [1.807, 2.05) is 0 Å². The number of rotatable bonds is 16. The van der Waals surface area contributed by atoms with E-state index in [-0.39, 0.29) is 12.4 Å². The summed E-state index contributed by atoms with van der Waals surface area (Å²) in [6, 6.07) is 0.735. The van der Waals surface area contributed by atoms with Crippen molar-refractivity contribution in [2.45, 2.75) is 96.8 Å². The van der Waals surface area contributed by atoms with Gasteiger partial charge in [-0.05, 0) is 12.8 Å². The summed E-state index contributed by atoms with van der Waals surface area (Å²) in [5, 5.41) is 0. The zero-order chi connectivity index (χ0) is 15.8. The molecule has 0 saturated carbocycles. The minimum absolute atomic E-state index is 0. The van der Waals surface area contributed by atoms with E-state index >= 15 is 0 Å². The molecular formula is C19H42Cl2N+. The lowest BCUT2D eigenvalue weighted by atomic mass is 10.0. The highest BCUT2D eigenvalue weighted by atomic mass is 35.5. The summed E-state index contributed by atoms with van der Waals surface area (Å²) in [5.41, 5.74) is 0. The molecule has 0 bridgehead atoms. The molecule has 0 radical (unpaired) electrons. The van der Waals surface area contributed by atoms with Crippen molar-refractivity contribution in [1.82, 2.24) is 0 Å². The first-order valence-electron chi connectivity index (χ1n) is 9.50. The van der Waals surface area contributed by atoms with Crippen LogP contribution in [-0.2, 0) is 0 Å². The highest BCUT2D eigenvalue weighted by Gasteiger charge is 2.11. The van der Waals surface area contributed by atoms with Gasteiger partial charge in [0.2, 0.25) is 0 Å². The standard InChI is InChI=1S/C19H41ClN.ClH/c1-4-5-6-7-8-9-10-11-12-13-14-15-16-17-18-21(2,3)19-20;/h4-19H2,1-3H3;1H/q+1;. The van der Waals surface area contributed by atoms with E-state index in [1.54, 1.807) is 0 Å². The van der Waals surface area contributed by atoms with Gasteiger partial charge >= 0.3 is 0 Å². The van der Waals surface area contributed by atoms with Crippen LogP contribution < -0.4 is 0 Å². The molecule has 0 fully saturated rings. The van der Waals surface area contributed by atoms with Gasteiger partial charge in [-0.15, -0.1) is 12.4 Å². The Bertz CT molecular complexity index is 208. The van der Waals surface area contributed by atoms with Crippen LogP contribution >= 0.6 is 24.0 Å². The molecule has 0 aromatic rings. The number of unbranched alkanes of at least 4 members (excludes halogenated alkanes) is 13. The second kappa shape index (κ2) is 17.9. The SMILES string of the molecule is CCCCCCCCCCCCCCCC[N+](C)(C)CCl.Cl. The fraction of sp³-hybridized carbons (Fsp3) is 1.00. The molecule has 0 heterocycles. The molecule has 1 nitrogen and oxygen atoms in total. The van der Waals surface area contributed by atoms with E-state index in [4.69, 9.17) is 11.6 Å². The van der Waals surface area contributed by atoms with Gasteiger partial charge in [-0.2, -0.15) is 0 Å². The topological polar surface area (TPSA) is 0 Å². The van der Waals surface area contributed by atoms with Gasteiger partial charge in [0.15, 0.2) is 6.00 Å². The number of halogens is 2. The van der Waals surface area contributed by atoms with Gasteiger partial charge in [0.05, 0.1) is 20.6 Å². The summed E-state index contributed by atoms with van der Waals surface area (Å²) in [6.45, 7) is 3.51. The molecule has 3 heteroatoms. The van der Waals surface area contributed by atoms with Gasteiger partial charge in [0.1, 0.15) is 0 Å². The summed E-state index contributed by atoms with van der Waals surface area (Å²) in [7, 11) is 4.44. The van der Waals surface area contributed by atoms with Gasteiger partial charge < -0.3 is 4.48 Å². The average Bonchev–Trinajstić information content (AvgIpc) is 2.47. The number of hydrogen-bond acceptors (Lipinski definition) is 0. The molecule has 0 amide bonds. The Hall–Kier alpha value is 0.540. The quantitative estimate of drug-likeness (QED) is 0.119. The van der Waals surface area contributed by atoms with Crippen LogP contribution in [0.1, 0.15) is 96.8 Å². The number of nitrogens with zero attached hydrogens (tertiary/aromatic N) is 1. The van der Waals surface area contributed by atoms with Crippen LogP contribution in [0, 0.1) is 0 Å². The Morgan fingerprint density at radius 2 is 0.909 bits per heavy atom. The molecule has 0 spiro atoms. The molecule has 0 rings (SSSR count). The van der Waals surface area contributed by atoms with Crippen LogP contribution in [0.4, 0.5) is 0 Å². The van der Waals surface area contributed by atoms with Crippen molar-refractivity contribution < 1.29 is 4.48 Å². The first-order chi connectivity index (χ1) is 10.1. The van der Waals surface area contributed by atoms with E-state index in [9.17, 15) is 0 Å². The van der Waals surface area contributed by atoms with Crippen molar-refractivity contribution in [3.05, 3.63) is 0 Å². The lowest BCUT2D eigenvalue weighted by Crippen LogP contribution is -2.38. The molecule has 0 aliphatic heterocycles. The maximum absolute atomic E-state index is 5.92. The number of hydrogen-bond donors (Lipinski definition) is 0. The average molecular weight is 355 g/mol. The minimum Gasteiger partial charge on any atom is -0.316 e. The van der Waals surface area contributed by atoms with Gasteiger partial charge in [0.25, 0.3) is 0 Å². The van der Waals surface area contributed by atoms with E-state index in [2.05, 4.69) is 21.0 Å². The molecule has 0 unspecified atom stereocenters. The van der Waals surface area contributed by atoms with Crippen LogP contribution in [0.25, 0.3) is 0 Å². The number of quaternary nitrogens is 1. The van der Waals surface area contributed by atoms with Gasteiger partial charge in [-0.1, -0.05) is 95.6 Å². The monoisotopic (exact) mass is 354 g/mol. The van der Waals surface area contributed by atoms with Gasteiger partial charge in [-0.25, -0.2) is 0 Å². The fourth-order valence-electron chi connectivity index (χ4n) is 2.79. The third kappa shape index (κ3) is 18.6. The van der Waals surface area contributed by atoms with Crippen LogP contribution in [0.2, 0.25) is 0 Å². The third-order valence-corrected chi connectivity index (χ3v) is 5.09. The number of alkyl halides is 1. The fourth-order valence-corrected chi connectivity index (χ4v) is 2.91. The Labute approximate surface area is 152 Å². The molecule has 0 aliphatic rings. The van der Waals surface area contributed by atoms with E-state index in [0.717, 1.165) is 10.5 Å². The molecule has 0 aromatic heterocycles. The van der Waals surface area contributed by atoms with Crippen molar-refractivity contribution in [2.75, 3.05) is 26.6 Å². The summed E-state index contributed by atoms with van der Waals surface area (Å²) >= 11 is 5.92. The first kappa shape index (κ1) is 24.8. The highest BCUT2D eigenvalue weighted by molar-refractivity contribution is 6.16. The summed E-state index contributed by atoms with van der Waals surface area (Å²) in [5.74, 6) is 0. The second-order valence-electron chi connectivity index (χ2n) is 7.38. The molecule has 136 valence electrons. The molecule has 0 atom stereocenters. The zero-order valence-electron chi connectivity index (χ0n) is 15.5. The van der Waals surface area contributed by atoms with Crippen LogP contribution in [0.15, 0.2) is 0 Å². The lowest BCUT2D eigenvalue weighted by molar-refractivity contribution is -0.879. The third-order valence-electron chi connectivity index (χ3n) is 4.44. The van der Waals surface area contributed by atoms with Gasteiger partial charge in [-0.3, -0.25) is 0 Å². The van der Waals surface area contributed by atoms with Crippen molar-refractivity contribution in [3.63, 3.8) is 0 Å². The van der Waals surface area contributed by atoms with Crippen LogP contribution in [0.3, 0.4) is 0 Å². The van der Waals surface area contributed by atoms with Gasteiger partial charge in [0, 0.05) is 0 Å². The zero-order valence-corrected chi connectivity index (χ0v) is 17.1. The maximum Gasteiger partial charge on any atom is 0.154 e. The maximum atomic E-state index is 5.92. The molecule has 0 N–H and O–H groups in total. The Morgan fingerprint density at radius 1 is 0.591 bits per heavy atom. The molecule has 0 aliphatic carbocycles. The smallest absolute Gasteiger partial charge is 0.154 e. The second-order valence-corrected chi connectivity index (χ2v) is 7.61. The molecule has 22 heavy (non-hydrogen) atoms. The summed E-state index contributed by atoms with van der Waals surface area (Å²) in [4.78, 5) is 0.